The van der Waals surface area contributed by atoms with Gasteiger partial charge in [-0.15, -0.1) is 0 Å². The highest BCUT2D eigenvalue weighted by atomic mass is 16.5. The molecule has 1 unspecified atom stereocenters. The number of rotatable bonds is 7. The Morgan fingerprint density at radius 3 is 2.57 bits per heavy atom. The second kappa shape index (κ2) is 9.26. The summed E-state index contributed by atoms with van der Waals surface area (Å²) < 4.78 is 10.6. The zero-order valence-corrected chi connectivity index (χ0v) is 16.9. The molecule has 1 aliphatic rings. The van der Waals surface area contributed by atoms with Crippen molar-refractivity contribution in [3.8, 4) is 5.75 Å². The molecule has 3 rings (SSSR count). The van der Waals surface area contributed by atoms with Crippen LogP contribution in [0.1, 0.15) is 46.1 Å². The number of benzene rings is 1. The van der Waals surface area contributed by atoms with Crippen molar-refractivity contribution in [1.82, 2.24) is 9.88 Å². The number of hydrogen-bond acceptors (Lipinski definition) is 5. The highest BCUT2D eigenvalue weighted by molar-refractivity contribution is 5.91. The van der Waals surface area contributed by atoms with E-state index in [1.54, 1.807) is 0 Å². The normalized spacial score (nSPS) is 16.7. The van der Waals surface area contributed by atoms with Crippen LogP contribution in [-0.4, -0.2) is 60.4 Å². The van der Waals surface area contributed by atoms with E-state index in [9.17, 15) is 9.90 Å². The maximum Gasteiger partial charge on any atom is 0.358 e. The molecule has 1 fully saturated rings. The summed E-state index contributed by atoms with van der Waals surface area (Å²) in [5, 5.41) is 10.4. The molecule has 1 saturated heterocycles. The predicted molar refractivity (Wildman–Crippen MR) is 108 cm³/mol. The maximum atomic E-state index is 11.9. The Morgan fingerprint density at radius 1 is 1.25 bits per heavy atom. The molecule has 1 aromatic heterocycles. The molecule has 2 N–H and O–H groups in total. The molecule has 0 radical (unpaired) electrons. The Kier molecular flexibility index (Phi) is 6.75. The minimum atomic E-state index is -0.617. The number of aryl methyl sites for hydroxylation is 1. The number of H-pyrrole nitrogens is 1. The van der Waals surface area contributed by atoms with Gasteiger partial charge >= 0.3 is 5.97 Å². The molecule has 1 aromatic carbocycles. The summed E-state index contributed by atoms with van der Waals surface area (Å²) in [6, 6.07) is 10.6. The molecule has 0 bridgehead atoms. The molecule has 2 heterocycles. The Bertz CT molecular complexity index is 779. The fraction of sp³-hybridized carbons (Fsp3) is 0.500. The second-order valence-corrected chi connectivity index (χ2v) is 7.52. The first-order valence-corrected chi connectivity index (χ1v) is 9.85. The molecule has 1 aliphatic heterocycles. The van der Waals surface area contributed by atoms with Crippen LogP contribution in [0, 0.1) is 13.8 Å². The third kappa shape index (κ3) is 4.75. The second-order valence-electron chi connectivity index (χ2n) is 7.52. The Balaban J connectivity index is 1.49. The van der Waals surface area contributed by atoms with Gasteiger partial charge in [0.05, 0.1) is 7.11 Å². The van der Waals surface area contributed by atoms with Crippen molar-refractivity contribution in [2.45, 2.75) is 38.7 Å². The number of aliphatic hydroxyl groups is 1. The number of piperidine rings is 1. The summed E-state index contributed by atoms with van der Waals surface area (Å²) in [6.45, 7) is 6.40. The number of hydrogen-bond donors (Lipinski definition) is 2. The lowest BCUT2D eigenvalue weighted by molar-refractivity contribution is 0.0535. The first-order valence-electron chi connectivity index (χ1n) is 9.85. The summed E-state index contributed by atoms with van der Waals surface area (Å²) in [5.41, 5.74) is 3.41. The zero-order chi connectivity index (χ0) is 20.1. The van der Waals surface area contributed by atoms with E-state index >= 15 is 0 Å². The Hall–Kier alpha value is -2.31. The molecule has 152 valence electrons. The molecule has 2 aromatic rings. The number of nitrogens with zero attached hydrogens (tertiary/aromatic N) is 1. The predicted octanol–water partition coefficient (Wildman–Crippen LogP) is 3.04. The summed E-state index contributed by atoms with van der Waals surface area (Å²) in [6.07, 6.45) is 1.58. The number of methoxy groups -OCH3 is 1. The molecule has 0 amide bonds. The summed E-state index contributed by atoms with van der Waals surface area (Å²) in [5.74, 6) is 0.591. The minimum absolute atomic E-state index is 0.140. The van der Waals surface area contributed by atoms with Gasteiger partial charge < -0.3 is 24.5 Å². The Morgan fingerprint density at radius 2 is 1.93 bits per heavy atom. The van der Waals surface area contributed by atoms with Gasteiger partial charge in [0.15, 0.2) is 11.4 Å². The van der Waals surface area contributed by atoms with Crippen molar-refractivity contribution in [2.75, 3.05) is 33.4 Å². The first kappa shape index (κ1) is 20.4. The number of carbonyl (C=O) groups is 1. The van der Waals surface area contributed by atoms with Crippen LogP contribution in [0.4, 0.5) is 0 Å². The van der Waals surface area contributed by atoms with E-state index in [1.165, 1.54) is 12.7 Å². The number of ether oxygens (including phenoxy) is 2. The van der Waals surface area contributed by atoms with E-state index < -0.39 is 12.1 Å². The molecule has 0 saturated carbocycles. The summed E-state index contributed by atoms with van der Waals surface area (Å²) in [7, 11) is 1.34. The molecule has 0 aliphatic carbocycles. The van der Waals surface area contributed by atoms with E-state index in [0.717, 1.165) is 37.2 Å². The maximum absolute atomic E-state index is 11.9. The van der Waals surface area contributed by atoms with Gasteiger partial charge in [-0.2, -0.15) is 0 Å². The van der Waals surface area contributed by atoms with Gasteiger partial charge in [-0.3, -0.25) is 0 Å². The van der Waals surface area contributed by atoms with Crippen LogP contribution < -0.4 is 4.74 Å². The molecule has 28 heavy (non-hydrogen) atoms. The number of carbonyl (C=O) groups excluding carboxylic acids is 1. The van der Waals surface area contributed by atoms with Gasteiger partial charge in [0, 0.05) is 17.8 Å². The minimum Gasteiger partial charge on any atom is -0.488 e. The van der Waals surface area contributed by atoms with Crippen molar-refractivity contribution in [2.24, 2.45) is 0 Å². The highest BCUT2D eigenvalue weighted by Gasteiger charge is 2.24. The van der Waals surface area contributed by atoms with Crippen molar-refractivity contribution >= 4 is 5.97 Å². The number of β-amino-alcohol motifs (C(OH)–C–C–N with tert-alkyl or cyclic N) is 1. The fourth-order valence-corrected chi connectivity index (χ4v) is 3.83. The molecular formula is C22H30N2O4. The van der Waals surface area contributed by atoms with Crippen molar-refractivity contribution < 1.29 is 19.4 Å². The number of aromatic nitrogens is 1. The average molecular weight is 386 g/mol. The highest BCUT2D eigenvalue weighted by Crippen LogP contribution is 2.29. The van der Waals surface area contributed by atoms with Crippen LogP contribution in [0.2, 0.25) is 0 Å². The van der Waals surface area contributed by atoms with Gasteiger partial charge in [0.25, 0.3) is 0 Å². The number of esters is 1. The van der Waals surface area contributed by atoms with Crippen molar-refractivity contribution in [1.29, 1.82) is 0 Å². The number of aromatic amines is 1. The first-order chi connectivity index (χ1) is 13.5. The lowest BCUT2D eigenvalue weighted by atomic mass is 9.89. The molecule has 0 spiro atoms. The van der Waals surface area contributed by atoms with Crippen molar-refractivity contribution in [3.63, 3.8) is 0 Å². The Labute approximate surface area is 166 Å². The van der Waals surface area contributed by atoms with Crippen LogP contribution in [-0.2, 0) is 4.74 Å². The van der Waals surface area contributed by atoms with Gasteiger partial charge in [0.2, 0.25) is 0 Å². The standard InChI is InChI=1S/C22H30N2O4/c1-15-16(2)23-20(22(26)27-3)21(15)28-14-19(25)13-24-11-9-18(10-12-24)17-7-5-4-6-8-17/h4-8,18-19,23,25H,9-14H2,1-3H3. The number of likely N-dealkylation sites (tertiary alicyclic amines) is 1. The van der Waals surface area contributed by atoms with Gasteiger partial charge in [-0.1, -0.05) is 30.3 Å². The largest absolute Gasteiger partial charge is 0.488 e. The SMILES string of the molecule is COC(=O)c1[nH]c(C)c(C)c1OCC(O)CN1CCC(c2ccccc2)CC1. The van der Waals surface area contributed by atoms with Gasteiger partial charge in [-0.25, -0.2) is 4.79 Å². The van der Waals surface area contributed by atoms with Crippen LogP contribution in [0.25, 0.3) is 0 Å². The topological polar surface area (TPSA) is 74.8 Å². The third-order valence-electron chi connectivity index (χ3n) is 5.58. The molecular weight excluding hydrogens is 356 g/mol. The van der Waals surface area contributed by atoms with Gasteiger partial charge in [0.1, 0.15) is 12.7 Å². The lowest BCUT2D eigenvalue weighted by Gasteiger charge is -2.33. The molecule has 6 nitrogen and oxygen atoms in total. The smallest absolute Gasteiger partial charge is 0.358 e. The van der Waals surface area contributed by atoms with Crippen LogP contribution >= 0.6 is 0 Å². The van der Waals surface area contributed by atoms with E-state index in [2.05, 4.69) is 34.1 Å². The lowest BCUT2D eigenvalue weighted by Crippen LogP contribution is -2.40. The van der Waals surface area contributed by atoms with Crippen LogP contribution in [0.5, 0.6) is 5.75 Å². The van der Waals surface area contributed by atoms with E-state index in [4.69, 9.17) is 9.47 Å². The van der Waals surface area contributed by atoms with E-state index in [0.29, 0.717) is 23.9 Å². The fourth-order valence-electron chi connectivity index (χ4n) is 3.83. The molecule has 1 atom stereocenters. The van der Waals surface area contributed by atoms with Gasteiger partial charge in [-0.05, 0) is 51.3 Å². The van der Waals surface area contributed by atoms with E-state index in [-0.39, 0.29) is 6.61 Å². The van der Waals surface area contributed by atoms with Crippen molar-refractivity contribution in [3.05, 3.63) is 52.8 Å². The number of nitrogens with one attached hydrogen (secondary N) is 1. The average Bonchev–Trinajstić information content (AvgIpc) is 3.01. The summed E-state index contributed by atoms with van der Waals surface area (Å²) >= 11 is 0. The van der Waals surface area contributed by atoms with Crippen LogP contribution in [0.15, 0.2) is 30.3 Å². The third-order valence-corrected chi connectivity index (χ3v) is 5.58. The summed E-state index contributed by atoms with van der Waals surface area (Å²) in [4.78, 5) is 17.2. The quantitative estimate of drug-likeness (QED) is 0.716. The van der Waals surface area contributed by atoms with Crippen LogP contribution in [0.3, 0.4) is 0 Å². The number of aliphatic hydroxyl groups excluding tert-OH is 1. The monoisotopic (exact) mass is 386 g/mol. The zero-order valence-electron chi connectivity index (χ0n) is 16.9. The molecule has 6 heteroatoms. The van der Waals surface area contributed by atoms with E-state index in [1.807, 2.05) is 19.9 Å².